The lowest BCUT2D eigenvalue weighted by Gasteiger charge is -2.09. The van der Waals surface area contributed by atoms with Crippen LogP contribution in [0.5, 0.6) is 5.88 Å². The van der Waals surface area contributed by atoms with Gasteiger partial charge in [-0.05, 0) is 31.4 Å². The van der Waals surface area contributed by atoms with Crippen molar-refractivity contribution >= 4 is 0 Å². The third-order valence-corrected chi connectivity index (χ3v) is 2.49. The normalized spacial score (nSPS) is 10.8. The maximum atomic E-state index is 5.19. The van der Waals surface area contributed by atoms with Crippen LogP contribution in [-0.4, -0.2) is 18.6 Å². The molecule has 0 unspecified atom stereocenters. The number of hydrogen-bond donors (Lipinski definition) is 1. The average molecular weight is 222 g/mol. The Labute approximate surface area is 98.2 Å². The molecule has 90 valence electrons. The van der Waals surface area contributed by atoms with Crippen molar-refractivity contribution in [1.29, 1.82) is 0 Å². The predicted octanol–water partition coefficient (Wildman–Crippen LogP) is 2.62. The van der Waals surface area contributed by atoms with Crippen molar-refractivity contribution in [3.05, 3.63) is 23.9 Å². The number of aromatic nitrogens is 1. The van der Waals surface area contributed by atoms with Crippen LogP contribution in [0.25, 0.3) is 0 Å². The molecule has 0 radical (unpaired) electrons. The van der Waals surface area contributed by atoms with Crippen molar-refractivity contribution in [2.75, 3.05) is 13.7 Å². The predicted molar refractivity (Wildman–Crippen MR) is 66.6 cm³/mol. The molecule has 16 heavy (non-hydrogen) atoms. The van der Waals surface area contributed by atoms with Crippen LogP contribution in [0.15, 0.2) is 18.3 Å². The quantitative estimate of drug-likeness (QED) is 0.720. The van der Waals surface area contributed by atoms with Gasteiger partial charge in [-0.2, -0.15) is 0 Å². The number of pyridine rings is 1. The van der Waals surface area contributed by atoms with Gasteiger partial charge in [0.15, 0.2) is 0 Å². The van der Waals surface area contributed by atoms with E-state index in [9.17, 15) is 0 Å². The van der Waals surface area contributed by atoms with E-state index < -0.39 is 0 Å². The molecule has 0 aromatic carbocycles. The number of ether oxygens (including phenoxy) is 1. The van der Waals surface area contributed by atoms with Crippen molar-refractivity contribution < 1.29 is 4.74 Å². The van der Waals surface area contributed by atoms with Crippen molar-refractivity contribution in [3.63, 3.8) is 0 Å². The van der Waals surface area contributed by atoms with E-state index in [0.29, 0.717) is 0 Å². The minimum atomic E-state index is 0.721. The van der Waals surface area contributed by atoms with Crippen LogP contribution >= 0.6 is 0 Å². The molecule has 0 aliphatic rings. The summed E-state index contributed by atoms with van der Waals surface area (Å²) in [6, 6.07) is 3.98. The van der Waals surface area contributed by atoms with Gasteiger partial charge >= 0.3 is 0 Å². The molecule has 0 atom stereocenters. The molecule has 0 bridgehead atoms. The van der Waals surface area contributed by atoms with Crippen molar-refractivity contribution in [2.24, 2.45) is 5.92 Å². The average Bonchev–Trinajstić information content (AvgIpc) is 2.29. The third-order valence-electron chi connectivity index (χ3n) is 2.49. The van der Waals surface area contributed by atoms with Gasteiger partial charge in [0.25, 0.3) is 0 Å². The molecule has 0 saturated carbocycles. The largest absolute Gasteiger partial charge is 0.481 e. The molecule has 0 spiro atoms. The number of rotatable bonds is 7. The fourth-order valence-corrected chi connectivity index (χ4v) is 1.60. The SMILES string of the molecule is COc1ncccc1CNCCCC(C)C. The number of methoxy groups -OCH3 is 1. The molecule has 0 amide bonds. The zero-order valence-electron chi connectivity index (χ0n) is 10.5. The highest BCUT2D eigenvalue weighted by atomic mass is 16.5. The summed E-state index contributed by atoms with van der Waals surface area (Å²) in [4.78, 5) is 4.16. The van der Waals surface area contributed by atoms with E-state index in [1.54, 1.807) is 13.3 Å². The van der Waals surface area contributed by atoms with Gasteiger partial charge in [0, 0.05) is 18.3 Å². The first kappa shape index (κ1) is 13.0. The molecule has 3 heteroatoms. The highest BCUT2D eigenvalue weighted by molar-refractivity contribution is 5.24. The van der Waals surface area contributed by atoms with E-state index in [4.69, 9.17) is 4.74 Å². The lowest BCUT2D eigenvalue weighted by atomic mass is 10.1. The lowest BCUT2D eigenvalue weighted by Crippen LogP contribution is -2.16. The Morgan fingerprint density at radius 2 is 2.25 bits per heavy atom. The Kier molecular flexibility index (Phi) is 5.86. The molecule has 1 N–H and O–H groups in total. The van der Waals surface area contributed by atoms with Gasteiger partial charge in [0.1, 0.15) is 0 Å². The first-order chi connectivity index (χ1) is 7.74. The molecule has 0 saturated heterocycles. The molecule has 1 heterocycles. The summed E-state index contributed by atoms with van der Waals surface area (Å²) in [6.07, 6.45) is 4.25. The maximum absolute atomic E-state index is 5.19. The van der Waals surface area contributed by atoms with E-state index in [0.717, 1.165) is 30.5 Å². The molecule has 0 aliphatic carbocycles. The van der Waals surface area contributed by atoms with Gasteiger partial charge < -0.3 is 10.1 Å². The minimum absolute atomic E-state index is 0.721. The summed E-state index contributed by atoms with van der Waals surface area (Å²) >= 11 is 0. The topological polar surface area (TPSA) is 34.1 Å². The van der Waals surface area contributed by atoms with Crippen LogP contribution in [0, 0.1) is 5.92 Å². The van der Waals surface area contributed by atoms with Gasteiger partial charge in [-0.25, -0.2) is 4.98 Å². The number of nitrogens with one attached hydrogen (secondary N) is 1. The highest BCUT2D eigenvalue weighted by Gasteiger charge is 2.01. The van der Waals surface area contributed by atoms with Crippen LogP contribution in [-0.2, 0) is 6.54 Å². The second kappa shape index (κ2) is 7.23. The van der Waals surface area contributed by atoms with Crippen molar-refractivity contribution in [2.45, 2.75) is 33.2 Å². The van der Waals surface area contributed by atoms with Gasteiger partial charge in [-0.3, -0.25) is 0 Å². The summed E-state index contributed by atoms with van der Waals surface area (Å²) in [5.41, 5.74) is 1.12. The standard InChI is InChI=1S/C13H22N2O/c1-11(2)6-4-8-14-10-12-7-5-9-15-13(12)16-3/h5,7,9,11,14H,4,6,8,10H2,1-3H3. The maximum Gasteiger partial charge on any atom is 0.217 e. The summed E-state index contributed by atoms with van der Waals surface area (Å²) in [6.45, 7) is 6.39. The molecule has 1 aromatic rings. The fourth-order valence-electron chi connectivity index (χ4n) is 1.60. The van der Waals surface area contributed by atoms with Crippen LogP contribution in [0.3, 0.4) is 0 Å². The molecule has 1 aromatic heterocycles. The zero-order valence-corrected chi connectivity index (χ0v) is 10.5. The van der Waals surface area contributed by atoms with E-state index in [-0.39, 0.29) is 0 Å². The smallest absolute Gasteiger partial charge is 0.217 e. The summed E-state index contributed by atoms with van der Waals surface area (Å²) < 4.78 is 5.19. The monoisotopic (exact) mass is 222 g/mol. The van der Waals surface area contributed by atoms with E-state index >= 15 is 0 Å². The van der Waals surface area contributed by atoms with Crippen LogP contribution < -0.4 is 10.1 Å². The molecule has 0 aliphatic heterocycles. The fraction of sp³-hybridized carbons (Fsp3) is 0.615. The molecule has 1 rings (SSSR count). The van der Waals surface area contributed by atoms with Crippen molar-refractivity contribution in [3.8, 4) is 5.88 Å². The number of hydrogen-bond acceptors (Lipinski definition) is 3. The Morgan fingerprint density at radius 1 is 1.44 bits per heavy atom. The second-order valence-electron chi connectivity index (χ2n) is 4.38. The lowest BCUT2D eigenvalue weighted by molar-refractivity contribution is 0.390. The Bertz CT molecular complexity index is 300. The summed E-state index contributed by atoms with van der Waals surface area (Å²) in [7, 11) is 1.66. The van der Waals surface area contributed by atoms with E-state index in [2.05, 4.69) is 24.1 Å². The minimum Gasteiger partial charge on any atom is -0.481 e. The summed E-state index contributed by atoms with van der Waals surface area (Å²) in [5.74, 6) is 1.51. The first-order valence-electron chi connectivity index (χ1n) is 5.92. The number of nitrogens with zero attached hydrogens (tertiary/aromatic N) is 1. The Balaban J connectivity index is 2.26. The Hall–Kier alpha value is -1.09. The van der Waals surface area contributed by atoms with Crippen molar-refractivity contribution in [1.82, 2.24) is 10.3 Å². The zero-order chi connectivity index (χ0) is 11.8. The Morgan fingerprint density at radius 3 is 2.94 bits per heavy atom. The van der Waals surface area contributed by atoms with Gasteiger partial charge in [0.05, 0.1) is 7.11 Å². The van der Waals surface area contributed by atoms with E-state index in [1.165, 1.54) is 12.8 Å². The van der Waals surface area contributed by atoms with Gasteiger partial charge in [-0.1, -0.05) is 19.9 Å². The third kappa shape index (κ3) is 4.62. The molecular formula is C13H22N2O. The molecule has 0 fully saturated rings. The molecule has 3 nitrogen and oxygen atoms in total. The van der Waals surface area contributed by atoms with Gasteiger partial charge in [-0.15, -0.1) is 0 Å². The van der Waals surface area contributed by atoms with Crippen LogP contribution in [0.2, 0.25) is 0 Å². The van der Waals surface area contributed by atoms with E-state index in [1.807, 2.05) is 12.1 Å². The first-order valence-corrected chi connectivity index (χ1v) is 5.92. The highest BCUT2D eigenvalue weighted by Crippen LogP contribution is 2.12. The van der Waals surface area contributed by atoms with Gasteiger partial charge in [0.2, 0.25) is 5.88 Å². The molecular weight excluding hydrogens is 200 g/mol. The van der Waals surface area contributed by atoms with Crippen LogP contribution in [0.1, 0.15) is 32.3 Å². The van der Waals surface area contributed by atoms with Crippen LogP contribution in [0.4, 0.5) is 0 Å². The second-order valence-corrected chi connectivity index (χ2v) is 4.38. The summed E-state index contributed by atoms with van der Waals surface area (Å²) in [5, 5.41) is 3.41.